The van der Waals surface area contributed by atoms with Crippen molar-refractivity contribution in [1.82, 2.24) is 4.98 Å². The summed E-state index contributed by atoms with van der Waals surface area (Å²) in [6.07, 6.45) is 0.789. The Morgan fingerprint density at radius 1 is 1.25 bits per heavy atom. The molecule has 0 saturated heterocycles. The molecule has 0 aliphatic rings. The first kappa shape index (κ1) is 15.0. The summed E-state index contributed by atoms with van der Waals surface area (Å²) in [5, 5.41) is 1.10. The smallest absolute Gasteiger partial charge is 0.122 e. The molecule has 2 N–H and O–H groups in total. The summed E-state index contributed by atoms with van der Waals surface area (Å²) in [5.41, 5.74) is 8.17. The lowest BCUT2D eigenvalue weighted by atomic mass is 9.91. The maximum absolute atomic E-state index is 5.86. The maximum atomic E-state index is 5.86. The van der Waals surface area contributed by atoms with Crippen LogP contribution in [0.5, 0.6) is 5.75 Å². The lowest BCUT2D eigenvalue weighted by Gasteiger charge is -2.16. The molecule has 2 aromatic rings. The zero-order valence-electron chi connectivity index (χ0n) is 12.6. The lowest BCUT2D eigenvalue weighted by molar-refractivity contribution is 0.410. The Bertz CT molecular complexity index is 584. The molecular weight excluding hydrogens is 268 g/mol. The van der Waals surface area contributed by atoms with Crippen molar-refractivity contribution in [3.05, 3.63) is 45.4 Å². The van der Waals surface area contributed by atoms with E-state index in [1.54, 1.807) is 18.4 Å². The molecule has 0 unspecified atom stereocenters. The Labute approximate surface area is 124 Å². The minimum atomic E-state index is 0.0320. The molecule has 3 nitrogen and oxygen atoms in total. The SMILES string of the molecule is COc1ccccc1Cc1nc(C(C)(C)C)c(CN)s1. The van der Waals surface area contributed by atoms with Crippen LogP contribution in [0.1, 0.15) is 41.9 Å². The molecule has 0 amide bonds. The second-order valence-electron chi connectivity index (χ2n) is 5.82. The van der Waals surface area contributed by atoms with Crippen LogP contribution < -0.4 is 10.5 Å². The molecule has 1 heterocycles. The van der Waals surface area contributed by atoms with E-state index in [-0.39, 0.29) is 5.41 Å². The number of thiazole rings is 1. The van der Waals surface area contributed by atoms with Crippen molar-refractivity contribution >= 4 is 11.3 Å². The Morgan fingerprint density at radius 3 is 2.50 bits per heavy atom. The minimum absolute atomic E-state index is 0.0320. The Hall–Kier alpha value is -1.39. The number of aromatic nitrogens is 1. The van der Waals surface area contributed by atoms with Gasteiger partial charge in [0.25, 0.3) is 0 Å². The normalized spacial score (nSPS) is 11.7. The van der Waals surface area contributed by atoms with Crippen LogP contribution in [-0.2, 0) is 18.4 Å². The number of hydrogen-bond acceptors (Lipinski definition) is 4. The van der Waals surface area contributed by atoms with Crippen LogP contribution in [0.2, 0.25) is 0 Å². The number of nitrogens with two attached hydrogens (primary N) is 1. The lowest BCUT2D eigenvalue weighted by Crippen LogP contribution is -2.15. The van der Waals surface area contributed by atoms with Crippen LogP contribution in [0.25, 0.3) is 0 Å². The van der Waals surface area contributed by atoms with Crippen LogP contribution in [0, 0.1) is 0 Å². The highest BCUT2D eigenvalue weighted by molar-refractivity contribution is 7.11. The van der Waals surface area contributed by atoms with Crippen LogP contribution in [0.4, 0.5) is 0 Å². The molecule has 108 valence electrons. The molecule has 0 radical (unpaired) electrons. The van der Waals surface area contributed by atoms with Gasteiger partial charge in [-0.2, -0.15) is 0 Å². The van der Waals surface area contributed by atoms with Crippen molar-refractivity contribution in [1.29, 1.82) is 0 Å². The van der Waals surface area contributed by atoms with E-state index in [2.05, 4.69) is 26.8 Å². The van der Waals surface area contributed by atoms with Crippen molar-refractivity contribution < 1.29 is 4.74 Å². The Balaban J connectivity index is 2.33. The largest absolute Gasteiger partial charge is 0.496 e. The molecule has 1 aromatic heterocycles. The van der Waals surface area contributed by atoms with Gasteiger partial charge in [0.2, 0.25) is 0 Å². The van der Waals surface area contributed by atoms with E-state index in [0.717, 1.165) is 28.4 Å². The number of methoxy groups -OCH3 is 1. The number of ether oxygens (including phenoxy) is 1. The van der Waals surface area contributed by atoms with Crippen molar-refractivity contribution in [3.8, 4) is 5.75 Å². The first-order valence-electron chi connectivity index (χ1n) is 6.76. The fourth-order valence-electron chi connectivity index (χ4n) is 2.21. The highest BCUT2D eigenvalue weighted by Crippen LogP contribution is 2.31. The number of nitrogens with zero attached hydrogens (tertiary/aromatic N) is 1. The highest BCUT2D eigenvalue weighted by atomic mass is 32.1. The standard InChI is InChI=1S/C16H22N2OS/c1-16(2,3)15-13(10-17)20-14(18-15)9-11-7-5-6-8-12(11)19-4/h5-8H,9-10,17H2,1-4H3. The fourth-order valence-corrected chi connectivity index (χ4v) is 3.39. The summed E-state index contributed by atoms with van der Waals surface area (Å²) in [5.74, 6) is 0.911. The zero-order chi connectivity index (χ0) is 14.8. The van der Waals surface area contributed by atoms with Crippen LogP contribution >= 0.6 is 11.3 Å². The van der Waals surface area contributed by atoms with Gasteiger partial charge >= 0.3 is 0 Å². The van der Waals surface area contributed by atoms with Gasteiger partial charge in [-0.3, -0.25) is 0 Å². The van der Waals surface area contributed by atoms with Crippen LogP contribution in [-0.4, -0.2) is 12.1 Å². The molecule has 0 saturated carbocycles. The van der Waals surface area contributed by atoms with Gasteiger partial charge < -0.3 is 10.5 Å². The average Bonchev–Trinajstić information content (AvgIpc) is 2.82. The number of rotatable bonds is 4. The Kier molecular flexibility index (Phi) is 4.45. The first-order chi connectivity index (χ1) is 9.45. The zero-order valence-corrected chi connectivity index (χ0v) is 13.4. The summed E-state index contributed by atoms with van der Waals surface area (Å²) >= 11 is 1.71. The third-order valence-electron chi connectivity index (χ3n) is 3.17. The number of benzene rings is 1. The molecule has 4 heteroatoms. The molecule has 0 bridgehead atoms. The van der Waals surface area contributed by atoms with Gasteiger partial charge in [-0.1, -0.05) is 39.0 Å². The molecule has 0 aliphatic heterocycles. The van der Waals surface area contributed by atoms with Gasteiger partial charge in [-0.05, 0) is 6.07 Å². The summed E-state index contributed by atoms with van der Waals surface area (Å²) in [7, 11) is 1.70. The van der Waals surface area contributed by atoms with Gasteiger partial charge in [0.05, 0.1) is 17.8 Å². The van der Waals surface area contributed by atoms with Gasteiger partial charge in [0.15, 0.2) is 0 Å². The van der Waals surface area contributed by atoms with E-state index in [9.17, 15) is 0 Å². The van der Waals surface area contributed by atoms with Gasteiger partial charge in [0, 0.05) is 28.8 Å². The second-order valence-corrected chi connectivity index (χ2v) is 6.99. The molecule has 0 aliphatic carbocycles. The topological polar surface area (TPSA) is 48.1 Å². The first-order valence-corrected chi connectivity index (χ1v) is 7.58. The predicted octanol–water partition coefficient (Wildman–Crippen LogP) is 3.50. The second kappa shape index (κ2) is 5.94. The molecular formula is C16H22N2OS. The van der Waals surface area contributed by atoms with Gasteiger partial charge in [0.1, 0.15) is 5.75 Å². The highest BCUT2D eigenvalue weighted by Gasteiger charge is 2.22. The molecule has 1 aromatic carbocycles. The van der Waals surface area contributed by atoms with Crippen molar-refractivity contribution in [2.24, 2.45) is 5.73 Å². The molecule has 0 fully saturated rings. The molecule has 0 atom stereocenters. The minimum Gasteiger partial charge on any atom is -0.496 e. The van der Waals surface area contributed by atoms with E-state index in [0.29, 0.717) is 6.54 Å². The van der Waals surface area contributed by atoms with Gasteiger partial charge in [-0.15, -0.1) is 11.3 Å². The van der Waals surface area contributed by atoms with Gasteiger partial charge in [-0.25, -0.2) is 4.98 Å². The Morgan fingerprint density at radius 2 is 1.95 bits per heavy atom. The fraction of sp³-hybridized carbons (Fsp3) is 0.438. The van der Waals surface area contributed by atoms with E-state index in [4.69, 9.17) is 15.5 Å². The van der Waals surface area contributed by atoms with Crippen molar-refractivity contribution in [2.75, 3.05) is 7.11 Å². The molecule has 2 rings (SSSR count). The maximum Gasteiger partial charge on any atom is 0.122 e. The third kappa shape index (κ3) is 3.19. The van der Waals surface area contributed by atoms with Crippen LogP contribution in [0.3, 0.4) is 0 Å². The third-order valence-corrected chi connectivity index (χ3v) is 4.25. The number of hydrogen-bond donors (Lipinski definition) is 1. The predicted molar refractivity (Wildman–Crippen MR) is 84.5 cm³/mol. The van der Waals surface area contributed by atoms with E-state index in [1.165, 1.54) is 4.88 Å². The summed E-state index contributed by atoms with van der Waals surface area (Å²) < 4.78 is 5.40. The van der Waals surface area contributed by atoms with E-state index >= 15 is 0 Å². The van der Waals surface area contributed by atoms with Crippen molar-refractivity contribution in [3.63, 3.8) is 0 Å². The average molecular weight is 290 g/mol. The van der Waals surface area contributed by atoms with E-state index < -0.39 is 0 Å². The quantitative estimate of drug-likeness (QED) is 0.937. The summed E-state index contributed by atoms with van der Waals surface area (Å²) in [6.45, 7) is 7.08. The summed E-state index contributed by atoms with van der Waals surface area (Å²) in [4.78, 5) is 5.99. The summed E-state index contributed by atoms with van der Waals surface area (Å²) in [6, 6.07) is 8.08. The van der Waals surface area contributed by atoms with Crippen LogP contribution in [0.15, 0.2) is 24.3 Å². The number of para-hydroxylation sites is 1. The van der Waals surface area contributed by atoms with E-state index in [1.807, 2.05) is 18.2 Å². The van der Waals surface area contributed by atoms with Crippen molar-refractivity contribution in [2.45, 2.75) is 39.2 Å². The molecule has 20 heavy (non-hydrogen) atoms. The molecule has 0 spiro atoms. The monoisotopic (exact) mass is 290 g/mol.